The first-order valence-electron chi connectivity index (χ1n) is 10.8. The molecule has 34 heavy (non-hydrogen) atoms. The van der Waals surface area contributed by atoms with Gasteiger partial charge in [-0.15, -0.1) is 0 Å². The van der Waals surface area contributed by atoms with Gasteiger partial charge in [0, 0.05) is 11.3 Å². The number of fused-ring (bicyclic) bond motifs is 5. The van der Waals surface area contributed by atoms with Crippen molar-refractivity contribution in [1.82, 2.24) is 0 Å². The predicted octanol–water partition coefficient (Wildman–Crippen LogP) is -5.24. The zero-order valence-electron chi connectivity index (χ0n) is 20.2. The number of Topliss-reactive ketones (excluding diaryl/α,β-unsaturated/α-hetero) is 1. The fourth-order valence-electron chi connectivity index (χ4n) is 7.00. The summed E-state index contributed by atoms with van der Waals surface area (Å²) in [5, 5.41) is 27.5. The van der Waals surface area contributed by atoms with Crippen LogP contribution < -0.4 is 69.3 Å². The molecule has 0 radical (unpaired) electrons. The summed E-state index contributed by atoms with van der Waals surface area (Å²) < 4.78 is 32.8. The van der Waals surface area contributed by atoms with Crippen LogP contribution in [0.5, 0.6) is 0 Å². The number of hydrogen-bond acceptors (Lipinski definition) is 6. The van der Waals surface area contributed by atoms with Crippen molar-refractivity contribution in [3.8, 4) is 0 Å². The molecule has 4 rings (SSSR count). The first kappa shape index (κ1) is 31.0. The molecule has 0 heterocycles. The van der Waals surface area contributed by atoms with Crippen LogP contribution in [0.3, 0.4) is 0 Å². The van der Waals surface area contributed by atoms with Crippen LogP contribution in [0.15, 0.2) is 23.8 Å². The smallest absolute Gasteiger partial charge is 0.850 e. The van der Waals surface area contributed by atoms with Crippen LogP contribution in [0.1, 0.15) is 46.5 Å². The molecule has 3 fully saturated rings. The van der Waals surface area contributed by atoms with Crippen molar-refractivity contribution < 1.29 is 102 Å². The zero-order valence-corrected chi connectivity index (χ0v) is 25.1. The SMILES string of the molecule is CC1C[C@H]2[C@@H]3CCC4=CC(=O)C=C[C@]4(C)[C@@]3(F)[C@@H]([O-])C[C@]2(C)[C@@]([O-])(COP(=O)(O)O)C1=O.[Na+].[Na+]. The van der Waals surface area contributed by atoms with E-state index in [2.05, 4.69) is 4.52 Å². The van der Waals surface area contributed by atoms with Crippen molar-refractivity contribution in [2.45, 2.75) is 63.8 Å². The Kier molecular flexibility index (Phi) is 8.96. The maximum absolute atomic E-state index is 17.0. The Morgan fingerprint density at radius 3 is 2.44 bits per heavy atom. The molecule has 4 aliphatic carbocycles. The molecule has 1 unspecified atom stereocenters. The number of halogens is 1. The van der Waals surface area contributed by atoms with Crippen molar-refractivity contribution in [1.29, 1.82) is 0 Å². The molecule has 0 spiro atoms. The second-order valence-electron chi connectivity index (χ2n) is 10.3. The summed E-state index contributed by atoms with van der Waals surface area (Å²) in [7, 11) is -5.05. The number of rotatable bonds is 3. The Hall–Kier alpha value is 0.780. The molecule has 178 valence electrons. The molecule has 0 bridgehead atoms. The summed E-state index contributed by atoms with van der Waals surface area (Å²) >= 11 is 0. The quantitative estimate of drug-likeness (QED) is 0.280. The second-order valence-corrected chi connectivity index (χ2v) is 11.6. The van der Waals surface area contributed by atoms with Crippen LogP contribution in [0, 0.1) is 28.6 Å². The van der Waals surface area contributed by atoms with E-state index >= 15 is 4.39 Å². The van der Waals surface area contributed by atoms with Gasteiger partial charge in [0.15, 0.2) is 5.78 Å². The number of phosphoric ester groups is 1. The second kappa shape index (κ2) is 9.83. The van der Waals surface area contributed by atoms with E-state index in [0.717, 1.165) is 0 Å². The first-order valence-corrected chi connectivity index (χ1v) is 12.4. The van der Waals surface area contributed by atoms with E-state index in [1.807, 2.05) is 0 Å². The summed E-state index contributed by atoms with van der Waals surface area (Å²) in [6.45, 7) is 3.55. The van der Waals surface area contributed by atoms with E-state index < -0.39 is 72.6 Å². The van der Waals surface area contributed by atoms with Gasteiger partial charge in [-0.3, -0.25) is 9.32 Å². The normalized spacial score (nSPS) is 45.7. The molecular weight excluding hydrogens is 488 g/mol. The molecule has 0 saturated heterocycles. The predicted molar refractivity (Wildman–Crippen MR) is 106 cm³/mol. The van der Waals surface area contributed by atoms with Gasteiger partial charge in [0.05, 0.1) is 6.61 Å². The zero-order chi connectivity index (χ0) is 23.9. The van der Waals surface area contributed by atoms with E-state index in [-0.39, 0.29) is 77.7 Å². The van der Waals surface area contributed by atoms with Crippen LogP contribution >= 0.6 is 7.82 Å². The topological polar surface area (TPSA) is 147 Å². The average molecular weight is 516 g/mol. The Morgan fingerprint density at radius 1 is 1.24 bits per heavy atom. The van der Waals surface area contributed by atoms with Crippen LogP contribution in [0.4, 0.5) is 4.39 Å². The van der Waals surface area contributed by atoms with Crippen LogP contribution in [0.2, 0.25) is 0 Å². The van der Waals surface area contributed by atoms with Crippen LogP contribution in [-0.4, -0.2) is 45.3 Å². The first-order chi connectivity index (χ1) is 14.6. The molecule has 4 aliphatic rings. The number of carbonyl (C=O) groups excluding carboxylic acids is 2. The van der Waals surface area contributed by atoms with Crippen molar-refractivity contribution in [3.05, 3.63) is 23.8 Å². The van der Waals surface area contributed by atoms with Gasteiger partial charge in [-0.1, -0.05) is 38.0 Å². The molecule has 3 saturated carbocycles. The summed E-state index contributed by atoms with van der Waals surface area (Å²) in [4.78, 5) is 43.2. The molecule has 0 amide bonds. The number of ketones is 2. The number of allylic oxidation sites excluding steroid dienone is 4. The molecule has 2 N–H and O–H groups in total. The Balaban J connectivity index is 0.00000204. The van der Waals surface area contributed by atoms with Gasteiger partial charge in [-0.2, -0.15) is 0 Å². The minimum Gasteiger partial charge on any atom is -0.850 e. The molecule has 0 aromatic carbocycles. The van der Waals surface area contributed by atoms with E-state index in [0.29, 0.717) is 12.0 Å². The maximum Gasteiger partial charge on any atom is 1.00 e. The largest absolute Gasteiger partial charge is 1.00 e. The molecule has 0 aromatic heterocycles. The van der Waals surface area contributed by atoms with Crippen molar-refractivity contribution in [2.75, 3.05) is 6.61 Å². The monoisotopic (exact) mass is 516 g/mol. The summed E-state index contributed by atoms with van der Waals surface area (Å²) in [6, 6.07) is 0. The van der Waals surface area contributed by atoms with Gasteiger partial charge in [-0.05, 0) is 61.2 Å². The van der Waals surface area contributed by atoms with E-state index in [1.54, 1.807) is 13.8 Å². The molecule has 8 nitrogen and oxygen atoms in total. The molecule has 8 atom stereocenters. The number of alkyl halides is 1. The van der Waals surface area contributed by atoms with E-state index in [4.69, 9.17) is 9.79 Å². The maximum atomic E-state index is 17.0. The minimum atomic E-state index is -5.05. The molecular formula is C22H28FNa2O8P. The Labute approximate surface area is 242 Å². The van der Waals surface area contributed by atoms with E-state index in [9.17, 15) is 24.4 Å². The van der Waals surface area contributed by atoms with Crippen molar-refractivity contribution in [2.24, 2.45) is 28.6 Å². The molecule has 0 aromatic rings. The van der Waals surface area contributed by atoms with Crippen molar-refractivity contribution in [3.63, 3.8) is 0 Å². The van der Waals surface area contributed by atoms with Crippen LogP contribution in [0.25, 0.3) is 0 Å². The summed E-state index contributed by atoms with van der Waals surface area (Å²) in [5.41, 5.74) is -7.13. The third-order valence-corrected chi connectivity index (χ3v) is 9.28. The third-order valence-electron chi connectivity index (χ3n) is 8.82. The van der Waals surface area contributed by atoms with Gasteiger partial charge in [0.2, 0.25) is 0 Å². The van der Waals surface area contributed by atoms with Gasteiger partial charge in [0.1, 0.15) is 11.5 Å². The standard InChI is InChI=1S/C22H28FO8P.2Na/c1-12-8-16-15-5-4-13-9-14(24)6-7-19(13,2)22(15,23)17(25)10-20(16,3)21(27,18(12)26)11-31-32(28,29)30;;/h6-7,9,12,15-17H,4-5,8,10-11H2,1-3H3,(H2,28,29,30);;/q-2;2*+1/t12?,15-,16-,17-,19-,20-,21+,22-;;/m0../s1. The minimum absolute atomic E-state index is 0. The summed E-state index contributed by atoms with van der Waals surface area (Å²) in [6.07, 6.45) is 2.61. The fraction of sp³-hybridized carbons (Fsp3) is 0.727. The third kappa shape index (κ3) is 4.30. The van der Waals surface area contributed by atoms with E-state index in [1.165, 1.54) is 25.2 Å². The average Bonchev–Trinajstić information content (AvgIpc) is 2.69. The summed E-state index contributed by atoms with van der Waals surface area (Å²) in [5.74, 6) is -3.30. The Bertz CT molecular complexity index is 984. The van der Waals surface area contributed by atoms with Gasteiger partial charge in [-0.25, -0.2) is 8.96 Å². The van der Waals surface area contributed by atoms with Gasteiger partial charge >= 0.3 is 66.9 Å². The number of hydrogen-bond donors (Lipinski definition) is 2. The number of phosphoric acid groups is 1. The molecule has 0 aliphatic heterocycles. The molecule has 12 heteroatoms. The van der Waals surface area contributed by atoms with Gasteiger partial charge in [0.25, 0.3) is 0 Å². The Morgan fingerprint density at radius 2 is 1.85 bits per heavy atom. The number of carbonyl (C=O) groups is 2. The van der Waals surface area contributed by atoms with Crippen molar-refractivity contribution >= 4 is 19.4 Å². The fourth-order valence-corrected chi connectivity index (χ4v) is 7.35. The van der Waals surface area contributed by atoms with Crippen LogP contribution in [-0.2, 0) is 18.7 Å². The van der Waals surface area contributed by atoms with Gasteiger partial charge < -0.3 is 24.8 Å².